The molecule has 0 saturated carbocycles. The van der Waals surface area contributed by atoms with Crippen molar-refractivity contribution in [2.45, 2.75) is 33.0 Å². The third-order valence-corrected chi connectivity index (χ3v) is 5.31. The van der Waals surface area contributed by atoms with Crippen molar-refractivity contribution in [2.24, 2.45) is 5.92 Å². The van der Waals surface area contributed by atoms with Crippen molar-refractivity contribution < 1.29 is 8.92 Å². The van der Waals surface area contributed by atoms with Gasteiger partial charge in [0.2, 0.25) is 0 Å². The van der Waals surface area contributed by atoms with Crippen molar-refractivity contribution in [1.82, 2.24) is 0 Å². The molecule has 0 saturated heterocycles. The van der Waals surface area contributed by atoms with Crippen LogP contribution in [0.2, 0.25) is 6.32 Å². The van der Waals surface area contributed by atoms with Gasteiger partial charge in [-0.25, -0.2) is 0 Å². The summed E-state index contributed by atoms with van der Waals surface area (Å²) in [7, 11) is 2.17. The molecule has 18 heavy (non-hydrogen) atoms. The van der Waals surface area contributed by atoms with Crippen molar-refractivity contribution >= 4 is 31.2 Å². The monoisotopic (exact) mass is 284 g/mol. The number of ether oxygens (including phenoxy) is 1. The Balaban J connectivity index is 1.92. The third kappa shape index (κ3) is 3.25. The Hall–Kier alpha value is -0.125. The lowest BCUT2D eigenvalue weighted by Gasteiger charge is -2.24. The molecule has 1 aliphatic rings. The first-order valence-corrected chi connectivity index (χ1v) is 8.47. The minimum atomic E-state index is 0.515. The first kappa shape index (κ1) is 14.3. The predicted molar refractivity (Wildman–Crippen MR) is 82.9 cm³/mol. The summed E-state index contributed by atoms with van der Waals surface area (Å²) < 4.78 is 11.6. The molecule has 1 unspecified atom stereocenters. The van der Waals surface area contributed by atoms with Gasteiger partial charge in [0.25, 0.3) is 0 Å². The fourth-order valence-electron chi connectivity index (χ4n) is 2.26. The zero-order valence-corrected chi connectivity index (χ0v) is 13.1. The summed E-state index contributed by atoms with van der Waals surface area (Å²) in [5, 5.41) is 0. The lowest BCUT2D eigenvalue weighted by molar-refractivity contribution is 0.172. The van der Waals surface area contributed by atoms with Gasteiger partial charge in [-0.05, 0) is 31.8 Å². The van der Waals surface area contributed by atoms with E-state index in [2.05, 4.69) is 21.7 Å². The van der Waals surface area contributed by atoms with Crippen LogP contribution in [0.4, 0.5) is 0 Å². The first-order valence-electron chi connectivity index (χ1n) is 6.74. The van der Waals surface area contributed by atoms with E-state index in [1.807, 2.05) is 11.3 Å². The lowest BCUT2D eigenvalue weighted by atomic mass is 9.97. The topological polar surface area (TPSA) is 18.5 Å². The molecule has 1 aromatic heterocycles. The van der Waals surface area contributed by atoms with Gasteiger partial charge in [0, 0.05) is 27.0 Å². The van der Waals surface area contributed by atoms with E-state index in [-0.39, 0.29) is 0 Å². The molecule has 2 nitrogen and oxygen atoms in total. The second-order valence-corrected chi connectivity index (χ2v) is 6.92. The number of hydrogen-bond acceptors (Lipinski definition) is 4. The fraction of sp³-hybridized carbons (Fsp3) is 0.692. The maximum Gasteiger partial charge on any atom is 0.136 e. The maximum atomic E-state index is 5.93. The van der Waals surface area contributed by atoms with E-state index in [9.17, 15) is 0 Å². The van der Waals surface area contributed by atoms with Crippen LogP contribution in [0.25, 0.3) is 0 Å². The number of rotatable bonds is 6. The Labute approximate surface area is 119 Å². The largest absolute Gasteiger partial charge is 0.492 e. The van der Waals surface area contributed by atoms with Crippen molar-refractivity contribution in [3.8, 4) is 5.75 Å². The van der Waals surface area contributed by atoms with Gasteiger partial charge in [-0.3, -0.25) is 0 Å². The van der Waals surface area contributed by atoms with Gasteiger partial charge in [-0.15, -0.1) is 11.3 Å². The molecule has 2 heterocycles. The van der Waals surface area contributed by atoms with E-state index in [1.54, 1.807) is 12.0 Å². The van der Waals surface area contributed by atoms with E-state index in [0.717, 1.165) is 37.6 Å². The van der Waals surface area contributed by atoms with Gasteiger partial charge in [0.15, 0.2) is 0 Å². The number of hydrogen-bond donors (Lipinski definition) is 0. The van der Waals surface area contributed by atoms with E-state index >= 15 is 0 Å². The highest BCUT2D eigenvalue weighted by atomic mass is 32.2. The van der Waals surface area contributed by atoms with Crippen LogP contribution in [0.3, 0.4) is 0 Å². The molecule has 1 aromatic rings. The molecule has 0 spiro atoms. The second-order valence-electron chi connectivity index (χ2n) is 4.73. The van der Waals surface area contributed by atoms with Crippen LogP contribution in [0, 0.1) is 12.8 Å². The average Bonchev–Trinajstić information content (AvgIpc) is 2.71. The SMILES string of the molecule is BCCSOCC1COc2c(C)sc(CC)c2C1. The minimum absolute atomic E-state index is 0.515. The van der Waals surface area contributed by atoms with Gasteiger partial charge in [0.05, 0.1) is 13.2 Å². The number of aryl methyl sites for hydroxylation is 2. The normalized spacial score (nSPS) is 18.4. The van der Waals surface area contributed by atoms with Crippen LogP contribution < -0.4 is 4.74 Å². The molecule has 0 radical (unpaired) electrons. The molecule has 0 aromatic carbocycles. The van der Waals surface area contributed by atoms with E-state index in [1.165, 1.54) is 21.6 Å². The summed E-state index contributed by atoms with van der Waals surface area (Å²) in [6.45, 7) is 6.00. The van der Waals surface area contributed by atoms with Crippen LogP contribution in [0.15, 0.2) is 0 Å². The lowest BCUT2D eigenvalue weighted by Crippen LogP contribution is -2.24. The summed E-state index contributed by atoms with van der Waals surface area (Å²) in [5.74, 6) is 2.76. The quantitative estimate of drug-likeness (QED) is 0.454. The summed E-state index contributed by atoms with van der Waals surface area (Å²) in [5.41, 5.74) is 1.44. The molecule has 100 valence electrons. The Morgan fingerprint density at radius 2 is 2.39 bits per heavy atom. The third-order valence-electron chi connectivity index (χ3n) is 3.16. The van der Waals surface area contributed by atoms with Crippen molar-refractivity contribution in [3.05, 3.63) is 15.3 Å². The van der Waals surface area contributed by atoms with Crippen LogP contribution in [-0.4, -0.2) is 26.8 Å². The smallest absolute Gasteiger partial charge is 0.136 e. The summed E-state index contributed by atoms with van der Waals surface area (Å²) in [4.78, 5) is 2.83. The van der Waals surface area contributed by atoms with Crippen LogP contribution >= 0.6 is 23.4 Å². The van der Waals surface area contributed by atoms with Crippen molar-refractivity contribution in [1.29, 1.82) is 0 Å². The Kier molecular flexibility index (Phi) is 5.46. The second kappa shape index (κ2) is 6.87. The molecular formula is C13H21BO2S2. The Morgan fingerprint density at radius 3 is 3.11 bits per heavy atom. The highest BCUT2D eigenvalue weighted by molar-refractivity contribution is 7.94. The molecule has 0 aliphatic carbocycles. The Bertz CT molecular complexity index is 393. The number of thiophene rings is 1. The maximum absolute atomic E-state index is 5.93. The molecule has 1 aliphatic heterocycles. The van der Waals surface area contributed by atoms with E-state index < -0.39 is 0 Å². The van der Waals surface area contributed by atoms with Gasteiger partial charge in [-0.2, -0.15) is 0 Å². The summed E-state index contributed by atoms with van der Waals surface area (Å²) in [6.07, 6.45) is 3.40. The van der Waals surface area contributed by atoms with Crippen LogP contribution in [0.5, 0.6) is 5.75 Å². The zero-order valence-electron chi connectivity index (χ0n) is 11.5. The molecular weight excluding hydrogens is 263 g/mol. The summed E-state index contributed by atoms with van der Waals surface area (Å²) >= 11 is 3.48. The molecule has 0 fully saturated rings. The van der Waals surface area contributed by atoms with Gasteiger partial charge in [-0.1, -0.05) is 13.2 Å². The minimum Gasteiger partial charge on any atom is -0.492 e. The fourth-order valence-corrected chi connectivity index (χ4v) is 3.92. The van der Waals surface area contributed by atoms with Crippen LogP contribution in [0.1, 0.15) is 22.2 Å². The first-order chi connectivity index (χ1) is 8.76. The Morgan fingerprint density at radius 1 is 1.56 bits per heavy atom. The van der Waals surface area contributed by atoms with Gasteiger partial charge in [0.1, 0.15) is 13.6 Å². The molecule has 0 N–H and O–H groups in total. The molecule has 1 atom stereocenters. The highest BCUT2D eigenvalue weighted by Crippen LogP contribution is 2.39. The molecule has 2 rings (SSSR count). The highest BCUT2D eigenvalue weighted by Gasteiger charge is 2.25. The molecule has 0 amide bonds. The van der Waals surface area contributed by atoms with Crippen LogP contribution in [-0.2, 0) is 17.0 Å². The van der Waals surface area contributed by atoms with E-state index in [4.69, 9.17) is 8.92 Å². The van der Waals surface area contributed by atoms with Crippen molar-refractivity contribution in [2.75, 3.05) is 19.0 Å². The molecule has 0 bridgehead atoms. The van der Waals surface area contributed by atoms with E-state index in [0.29, 0.717) is 5.92 Å². The van der Waals surface area contributed by atoms with Crippen molar-refractivity contribution in [3.63, 3.8) is 0 Å². The molecule has 5 heteroatoms. The van der Waals surface area contributed by atoms with Gasteiger partial charge < -0.3 is 8.92 Å². The number of fused-ring (bicyclic) bond motifs is 1. The predicted octanol–water partition coefficient (Wildman–Crippen LogP) is 2.89. The zero-order chi connectivity index (χ0) is 13.0. The van der Waals surface area contributed by atoms with Gasteiger partial charge >= 0.3 is 0 Å². The average molecular weight is 284 g/mol. The summed E-state index contributed by atoms with van der Waals surface area (Å²) in [6, 6.07) is 0. The standard InChI is InChI=1S/C13H21BO2S2/c1-3-12-11-6-10(8-16-17-5-4-14)7-15-13(11)9(2)18-12/h10H,3-8,14H2,1-2H3.